The fourth-order valence-corrected chi connectivity index (χ4v) is 10.3. The summed E-state index contributed by atoms with van der Waals surface area (Å²) in [5, 5.41) is 3.03. The first-order chi connectivity index (χ1) is 36.4. The van der Waals surface area contributed by atoms with Crippen LogP contribution in [-0.2, 0) is 27.9 Å². The van der Waals surface area contributed by atoms with Gasteiger partial charge in [0, 0.05) is 12.8 Å². The standard InChI is InChI=1S/C65H125N2O7P/c1-7-10-13-16-19-22-25-26-27-28-29-30-31-32-33-34-35-36-37-38-39-40-43-45-48-51-54-57-64(68)66-62(61-73-75(70,71)72-60-59-67(4,5)6)63(56-53-50-47-44-41-23-20-17-14-11-8-2)74-65(69)58-55-52-49-46-42-24-21-18-15-12-9-3/h19,22,26-27,53,56,62-63H,7-18,20-21,23-25,28-52,54-55,57-61H2,1-6H3,(H-,66,68,70,71)/b22-19-,27-26-,56-53-. The fraction of sp³-hybridized carbons (Fsp3) is 0.877. The van der Waals surface area contributed by atoms with Crippen LogP contribution in [0, 0.1) is 0 Å². The average Bonchev–Trinajstić information content (AvgIpc) is 3.37. The number of likely N-dealkylation sites (N-methyl/N-ethyl adjacent to an activating group) is 1. The Hall–Kier alpha value is -1.77. The molecule has 75 heavy (non-hydrogen) atoms. The van der Waals surface area contributed by atoms with Gasteiger partial charge in [0.05, 0.1) is 33.8 Å². The summed E-state index contributed by atoms with van der Waals surface area (Å²) in [4.78, 5) is 39.9. The van der Waals surface area contributed by atoms with Crippen LogP contribution in [0.25, 0.3) is 0 Å². The van der Waals surface area contributed by atoms with Gasteiger partial charge in [-0.2, -0.15) is 0 Å². The minimum absolute atomic E-state index is 0.0192. The number of nitrogens with zero attached hydrogens (tertiary/aromatic N) is 1. The number of unbranched alkanes of at least 4 members (excludes halogenated alkanes) is 39. The molecular weight excluding hydrogens is 952 g/mol. The SMILES string of the molecule is CCCCC/C=C\C/C=C\CCCCCCCCCCCCCCCCCCCC(=O)NC(COP(=O)([O-])OCC[N+](C)(C)C)C(/C=C\CCCCCCCCCCC)OC(=O)CCCCCCCCCCCCC. The van der Waals surface area contributed by atoms with Crippen LogP contribution in [0.2, 0.25) is 0 Å². The normalized spacial score (nSPS) is 13.9. The molecule has 0 aliphatic rings. The number of ether oxygens (including phenoxy) is 1. The molecule has 0 aromatic heterocycles. The zero-order valence-electron chi connectivity index (χ0n) is 50.5. The van der Waals surface area contributed by atoms with Crippen molar-refractivity contribution >= 4 is 19.7 Å². The Morgan fingerprint density at radius 2 is 0.813 bits per heavy atom. The van der Waals surface area contributed by atoms with Crippen LogP contribution < -0.4 is 10.2 Å². The van der Waals surface area contributed by atoms with Crippen molar-refractivity contribution < 1.29 is 37.3 Å². The maximum Gasteiger partial charge on any atom is 0.306 e. The lowest BCUT2D eigenvalue weighted by Gasteiger charge is -2.30. The highest BCUT2D eigenvalue weighted by molar-refractivity contribution is 7.45. The zero-order chi connectivity index (χ0) is 55.0. The number of hydrogen-bond donors (Lipinski definition) is 1. The third-order valence-electron chi connectivity index (χ3n) is 14.6. The molecular formula is C65H125N2O7P. The molecule has 442 valence electrons. The van der Waals surface area contributed by atoms with E-state index in [2.05, 4.69) is 50.4 Å². The van der Waals surface area contributed by atoms with Crippen LogP contribution in [0.4, 0.5) is 0 Å². The van der Waals surface area contributed by atoms with E-state index in [1.54, 1.807) is 0 Å². The molecule has 3 atom stereocenters. The molecule has 0 aromatic carbocycles. The molecule has 0 aliphatic heterocycles. The molecule has 0 fully saturated rings. The second kappa shape index (κ2) is 55.5. The van der Waals surface area contributed by atoms with E-state index in [1.807, 2.05) is 33.3 Å². The number of allylic oxidation sites excluding steroid dienone is 5. The molecule has 0 heterocycles. The van der Waals surface area contributed by atoms with E-state index in [9.17, 15) is 19.0 Å². The minimum atomic E-state index is -4.69. The molecule has 0 saturated heterocycles. The fourth-order valence-electron chi connectivity index (χ4n) is 9.55. The van der Waals surface area contributed by atoms with Gasteiger partial charge in [0.25, 0.3) is 7.82 Å². The predicted octanol–water partition coefficient (Wildman–Crippen LogP) is 19.3. The molecule has 1 N–H and O–H groups in total. The second-order valence-electron chi connectivity index (χ2n) is 23.3. The van der Waals surface area contributed by atoms with E-state index in [0.717, 1.165) is 64.2 Å². The highest BCUT2D eigenvalue weighted by Gasteiger charge is 2.27. The summed E-state index contributed by atoms with van der Waals surface area (Å²) >= 11 is 0. The second-order valence-corrected chi connectivity index (χ2v) is 24.7. The number of hydrogen-bond acceptors (Lipinski definition) is 7. The molecule has 0 rings (SSSR count). The topological polar surface area (TPSA) is 114 Å². The molecule has 10 heteroatoms. The molecule has 0 saturated carbocycles. The highest BCUT2D eigenvalue weighted by atomic mass is 31.2. The number of amides is 1. The van der Waals surface area contributed by atoms with Gasteiger partial charge in [-0.1, -0.05) is 276 Å². The lowest BCUT2D eigenvalue weighted by molar-refractivity contribution is -0.870. The van der Waals surface area contributed by atoms with Crippen molar-refractivity contribution in [2.24, 2.45) is 0 Å². The van der Waals surface area contributed by atoms with Gasteiger partial charge in [0.2, 0.25) is 5.91 Å². The van der Waals surface area contributed by atoms with Gasteiger partial charge >= 0.3 is 5.97 Å². The number of nitrogens with one attached hydrogen (secondary N) is 1. The predicted molar refractivity (Wildman–Crippen MR) is 321 cm³/mol. The number of phosphoric acid groups is 1. The molecule has 9 nitrogen and oxygen atoms in total. The monoisotopic (exact) mass is 1080 g/mol. The maximum atomic E-state index is 13.5. The Morgan fingerprint density at radius 1 is 0.467 bits per heavy atom. The van der Waals surface area contributed by atoms with E-state index < -0.39 is 20.0 Å². The summed E-state index contributed by atoms with van der Waals surface area (Å²) in [5.74, 6) is -0.528. The maximum absolute atomic E-state index is 13.5. The number of carbonyl (C=O) groups excluding carboxylic acids is 2. The first-order valence-electron chi connectivity index (χ1n) is 32.3. The van der Waals surface area contributed by atoms with Crippen LogP contribution in [0.5, 0.6) is 0 Å². The van der Waals surface area contributed by atoms with Crippen molar-refractivity contribution in [2.75, 3.05) is 40.9 Å². The molecule has 0 spiro atoms. The van der Waals surface area contributed by atoms with Crippen LogP contribution in [0.3, 0.4) is 0 Å². The van der Waals surface area contributed by atoms with Crippen molar-refractivity contribution in [3.8, 4) is 0 Å². The van der Waals surface area contributed by atoms with Crippen molar-refractivity contribution in [1.29, 1.82) is 0 Å². The zero-order valence-corrected chi connectivity index (χ0v) is 51.4. The Balaban J connectivity index is 4.92. The van der Waals surface area contributed by atoms with Crippen molar-refractivity contribution in [1.82, 2.24) is 5.32 Å². The summed E-state index contributed by atoms with van der Waals surface area (Å²) in [6.07, 6.45) is 67.0. The van der Waals surface area contributed by atoms with Gasteiger partial charge in [-0.05, 0) is 63.9 Å². The molecule has 0 radical (unpaired) electrons. The summed E-state index contributed by atoms with van der Waals surface area (Å²) in [6.45, 7) is 6.84. The summed E-state index contributed by atoms with van der Waals surface area (Å²) in [5.41, 5.74) is 0. The smallest absolute Gasteiger partial charge is 0.306 e. The molecule has 0 aliphatic carbocycles. The first kappa shape index (κ1) is 73.2. The summed E-state index contributed by atoms with van der Waals surface area (Å²) in [7, 11) is 1.20. The molecule has 3 unspecified atom stereocenters. The Bertz CT molecular complexity index is 1380. The number of phosphoric ester groups is 1. The van der Waals surface area contributed by atoms with Crippen LogP contribution >= 0.6 is 7.82 Å². The van der Waals surface area contributed by atoms with Crippen molar-refractivity contribution in [2.45, 2.75) is 328 Å². The number of esters is 1. The van der Waals surface area contributed by atoms with Gasteiger partial charge in [-0.3, -0.25) is 14.2 Å². The quantitative estimate of drug-likeness (QED) is 0.0212. The van der Waals surface area contributed by atoms with Gasteiger partial charge in [0.15, 0.2) is 0 Å². The summed E-state index contributed by atoms with van der Waals surface area (Å²) in [6, 6.07) is -0.882. The van der Waals surface area contributed by atoms with E-state index in [0.29, 0.717) is 17.4 Å². The molecule has 0 aromatic rings. The average molecular weight is 1080 g/mol. The molecule has 1 amide bonds. The van der Waals surface area contributed by atoms with Crippen molar-refractivity contribution in [3.05, 3.63) is 36.5 Å². The lowest BCUT2D eigenvalue weighted by Crippen LogP contribution is -2.47. The van der Waals surface area contributed by atoms with E-state index in [4.69, 9.17) is 13.8 Å². The Kier molecular flexibility index (Phi) is 54.2. The van der Waals surface area contributed by atoms with Crippen molar-refractivity contribution in [3.63, 3.8) is 0 Å². The molecule has 0 bridgehead atoms. The lowest BCUT2D eigenvalue weighted by atomic mass is 10.0. The largest absolute Gasteiger partial charge is 0.756 e. The van der Waals surface area contributed by atoms with Gasteiger partial charge in [-0.15, -0.1) is 0 Å². The van der Waals surface area contributed by atoms with E-state index in [-0.39, 0.29) is 31.5 Å². The van der Waals surface area contributed by atoms with Crippen LogP contribution in [0.15, 0.2) is 36.5 Å². The third kappa shape index (κ3) is 56.8. The minimum Gasteiger partial charge on any atom is -0.756 e. The Labute approximate surface area is 466 Å². The third-order valence-corrected chi connectivity index (χ3v) is 15.5. The van der Waals surface area contributed by atoms with Gasteiger partial charge < -0.3 is 28.5 Å². The highest BCUT2D eigenvalue weighted by Crippen LogP contribution is 2.38. The number of quaternary nitrogens is 1. The van der Waals surface area contributed by atoms with Crippen LogP contribution in [-0.4, -0.2) is 69.4 Å². The van der Waals surface area contributed by atoms with Gasteiger partial charge in [-0.25, -0.2) is 0 Å². The first-order valence-corrected chi connectivity index (χ1v) is 33.8. The van der Waals surface area contributed by atoms with E-state index in [1.165, 1.54) is 218 Å². The van der Waals surface area contributed by atoms with Gasteiger partial charge in [0.1, 0.15) is 19.3 Å². The Morgan fingerprint density at radius 3 is 1.23 bits per heavy atom. The number of carbonyl (C=O) groups is 2. The van der Waals surface area contributed by atoms with E-state index >= 15 is 0 Å². The van der Waals surface area contributed by atoms with Crippen LogP contribution in [0.1, 0.15) is 316 Å². The summed E-state index contributed by atoms with van der Waals surface area (Å²) < 4.78 is 30.3. The number of rotatable bonds is 59.